The molecule has 19 heavy (non-hydrogen) atoms. The van der Waals surface area contributed by atoms with Crippen LogP contribution in [0.5, 0.6) is 0 Å². The van der Waals surface area contributed by atoms with Gasteiger partial charge in [-0.3, -0.25) is 0 Å². The van der Waals surface area contributed by atoms with E-state index in [0.717, 1.165) is 0 Å². The molecule has 1 aromatic rings. The standard InChI is InChI=1S/C11H13ClN2O4S/c12-8-3-4-9(14-10(8)11(15)16)13-7-2-1-5-19(17,18)6-7/h3-4,7H,1-2,5-6H2,(H,13,14)(H,15,16). The van der Waals surface area contributed by atoms with Gasteiger partial charge in [-0.1, -0.05) is 11.6 Å². The summed E-state index contributed by atoms with van der Waals surface area (Å²) in [5.41, 5.74) is -0.245. The van der Waals surface area contributed by atoms with Gasteiger partial charge < -0.3 is 10.4 Å². The van der Waals surface area contributed by atoms with E-state index in [4.69, 9.17) is 16.7 Å². The lowest BCUT2D eigenvalue weighted by Crippen LogP contribution is -2.35. The minimum Gasteiger partial charge on any atom is -0.476 e. The average molecular weight is 305 g/mol. The zero-order valence-electron chi connectivity index (χ0n) is 9.97. The number of aromatic carboxylic acids is 1. The zero-order chi connectivity index (χ0) is 14.0. The first-order valence-corrected chi connectivity index (χ1v) is 7.94. The lowest BCUT2D eigenvalue weighted by Gasteiger charge is -2.23. The monoisotopic (exact) mass is 304 g/mol. The highest BCUT2D eigenvalue weighted by atomic mass is 35.5. The number of rotatable bonds is 3. The number of nitrogens with zero attached hydrogens (tertiary/aromatic N) is 1. The van der Waals surface area contributed by atoms with Crippen LogP contribution in [0.1, 0.15) is 23.3 Å². The molecular weight excluding hydrogens is 292 g/mol. The Balaban J connectivity index is 2.15. The number of sulfone groups is 1. The Bertz CT molecular complexity index is 603. The molecule has 0 radical (unpaired) electrons. The third kappa shape index (κ3) is 3.57. The lowest BCUT2D eigenvalue weighted by atomic mass is 10.2. The van der Waals surface area contributed by atoms with E-state index in [1.54, 1.807) is 0 Å². The Morgan fingerprint density at radius 2 is 2.21 bits per heavy atom. The summed E-state index contributed by atoms with van der Waals surface area (Å²) in [6.07, 6.45) is 1.31. The summed E-state index contributed by atoms with van der Waals surface area (Å²) >= 11 is 5.71. The lowest BCUT2D eigenvalue weighted by molar-refractivity contribution is 0.0691. The molecule has 0 saturated carbocycles. The summed E-state index contributed by atoms with van der Waals surface area (Å²) in [6.45, 7) is 0. The number of carbonyl (C=O) groups is 1. The first-order chi connectivity index (χ1) is 8.87. The van der Waals surface area contributed by atoms with E-state index in [2.05, 4.69) is 10.3 Å². The maximum absolute atomic E-state index is 11.5. The molecule has 0 amide bonds. The number of carboxylic acid groups (broad SMARTS) is 1. The van der Waals surface area contributed by atoms with Crippen molar-refractivity contribution in [2.45, 2.75) is 18.9 Å². The molecule has 1 saturated heterocycles. The topological polar surface area (TPSA) is 96.4 Å². The number of anilines is 1. The number of nitrogens with one attached hydrogen (secondary N) is 1. The van der Waals surface area contributed by atoms with Crippen molar-refractivity contribution in [3.63, 3.8) is 0 Å². The van der Waals surface area contributed by atoms with Gasteiger partial charge in [-0.2, -0.15) is 0 Å². The van der Waals surface area contributed by atoms with Gasteiger partial charge in [-0.05, 0) is 25.0 Å². The molecule has 8 heteroatoms. The number of hydrogen-bond donors (Lipinski definition) is 2. The Kier molecular flexibility index (Phi) is 3.96. The van der Waals surface area contributed by atoms with Crippen molar-refractivity contribution in [1.29, 1.82) is 0 Å². The third-order valence-corrected chi connectivity index (χ3v) is 4.99. The van der Waals surface area contributed by atoms with Crippen LogP contribution < -0.4 is 5.32 Å². The summed E-state index contributed by atoms with van der Waals surface area (Å²) in [5.74, 6) is -0.645. The van der Waals surface area contributed by atoms with Crippen LogP contribution in [0.4, 0.5) is 5.82 Å². The molecule has 2 rings (SSSR count). The SMILES string of the molecule is O=C(O)c1nc(NC2CCCS(=O)(=O)C2)ccc1Cl. The molecule has 1 fully saturated rings. The molecule has 1 unspecified atom stereocenters. The Labute approximate surface area is 115 Å². The third-order valence-electron chi connectivity index (χ3n) is 2.86. The molecule has 6 nitrogen and oxygen atoms in total. The molecule has 0 spiro atoms. The number of carboxylic acids is 1. The van der Waals surface area contributed by atoms with E-state index in [9.17, 15) is 13.2 Å². The van der Waals surface area contributed by atoms with Crippen molar-refractivity contribution < 1.29 is 18.3 Å². The first-order valence-electron chi connectivity index (χ1n) is 5.74. The number of hydrogen-bond acceptors (Lipinski definition) is 5. The van der Waals surface area contributed by atoms with Gasteiger partial charge >= 0.3 is 5.97 Å². The van der Waals surface area contributed by atoms with Crippen LogP contribution in [-0.2, 0) is 9.84 Å². The van der Waals surface area contributed by atoms with Gasteiger partial charge in [0.25, 0.3) is 0 Å². The fourth-order valence-corrected chi connectivity index (χ4v) is 3.84. The molecule has 1 aliphatic rings. The normalized spacial score (nSPS) is 21.8. The van der Waals surface area contributed by atoms with Gasteiger partial charge in [-0.25, -0.2) is 18.2 Å². The van der Waals surface area contributed by atoms with Gasteiger partial charge in [0.15, 0.2) is 15.5 Å². The van der Waals surface area contributed by atoms with Crippen LogP contribution in [0.2, 0.25) is 5.02 Å². The van der Waals surface area contributed by atoms with Crippen LogP contribution in [0.15, 0.2) is 12.1 Å². The van der Waals surface area contributed by atoms with Crippen molar-refractivity contribution in [2.24, 2.45) is 0 Å². The number of aromatic nitrogens is 1. The molecule has 0 aliphatic carbocycles. The highest BCUT2D eigenvalue weighted by Crippen LogP contribution is 2.20. The molecule has 1 aromatic heterocycles. The Morgan fingerprint density at radius 1 is 1.47 bits per heavy atom. The maximum Gasteiger partial charge on any atom is 0.356 e. The summed E-state index contributed by atoms with van der Waals surface area (Å²) in [4.78, 5) is 14.8. The number of pyridine rings is 1. The molecule has 1 atom stereocenters. The molecule has 0 bridgehead atoms. The van der Waals surface area contributed by atoms with E-state index in [1.165, 1.54) is 12.1 Å². The van der Waals surface area contributed by atoms with Crippen molar-refractivity contribution >= 4 is 33.2 Å². The highest BCUT2D eigenvalue weighted by molar-refractivity contribution is 7.91. The van der Waals surface area contributed by atoms with Crippen molar-refractivity contribution in [3.05, 3.63) is 22.8 Å². The van der Waals surface area contributed by atoms with Gasteiger partial charge in [0.2, 0.25) is 0 Å². The second-order valence-corrected chi connectivity index (χ2v) is 7.07. The van der Waals surface area contributed by atoms with Crippen LogP contribution in [0, 0.1) is 0 Å². The van der Waals surface area contributed by atoms with Crippen LogP contribution >= 0.6 is 11.6 Å². The molecule has 0 aromatic carbocycles. The van der Waals surface area contributed by atoms with Crippen LogP contribution in [0.3, 0.4) is 0 Å². The van der Waals surface area contributed by atoms with Crippen LogP contribution in [0.25, 0.3) is 0 Å². The molecule has 104 valence electrons. The van der Waals surface area contributed by atoms with E-state index in [1.807, 2.05) is 0 Å². The Morgan fingerprint density at radius 3 is 2.84 bits per heavy atom. The zero-order valence-corrected chi connectivity index (χ0v) is 11.5. The first kappa shape index (κ1) is 14.1. The predicted octanol–water partition coefficient (Wildman–Crippen LogP) is 1.42. The van der Waals surface area contributed by atoms with Gasteiger partial charge in [0.05, 0.1) is 16.5 Å². The van der Waals surface area contributed by atoms with E-state index < -0.39 is 15.8 Å². The summed E-state index contributed by atoms with van der Waals surface area (Å²) < 4.78 is 23.0. The summed E-state index contributed by atoms with van der Waals surface area (Å²) in [6, 6.07) is 2.72. The molecule has 1 aliphatic heterocycles. The van der Waals surface area contributed by atoms with E-state index >= 15 is 0 Å². The van der Waals surface area contributed by atoms with Gasteiger partial charge in [0, 0.05) is 6.04 Å². The van der Waals surface area contributed by atoms with E-state index in [0.29, 0.717) is 18.7 Å². The molecular formula is C11H13ClN2O4S. The van der Waals surface area contributed by atoms with Gasteiger partial charge in [-0.15, -0.1) is 0 Å². The second-order valence-electron chi connectivity index (χ2n) is 4.43. The maximum atomic E-state index is 11.5. The van der Waals surface area contributed by atoms with Crippen molar-refractivity contribution in [1.82, 2.24) is 4.98 Å². The Hall–Kier alpha value is -1.34. The quantitative estimate of drug-likeness (QED) is 0.876. The van der Waals surface area contributed by atoms with Crippen LogP contribution in [-0.4, -0.2) is 42.0 Å². The minimum absolute atomic E-state index is 0.0414. The predicted molar refractivity (Wildman–Crippen MR) is 71.5 cm³/mol. The minimum atomic E-state index is -3.02. The molecule has 2 heterocycles. The number of halogens is 1. The van der Waals surface area contributed by atoms with Crippen molar-refractivity contribution in [2.75, 3.05) is 16.8 Å². The largest absolute Gasteiger partial charge is 0.476 e. The fourth-order valence-electron chi connectivity index (χ4n) is 2.02. The smallest absolute Gasteiger partial charge is 0.356 e. The van der Waals surface area contributed by atoms with Crippen molar-refractivity contribution in [3.8, 4) is 0 Å². The highest BCUT2D eigenvalue weighted by Gasteiger charge is 2.25. The van der Waals surface area contributed by atoms with E-state index in [-0.39, 0.29) is 28.3 Å². The summed E-state index contributed by atoms with van der Waals surface area (Å²) in [5, 5.41) is 11.9. The molecule has 2 N–H and O–H groups in total. The summed E-state index contributed by atoms with van der Waals surface area (Å²) in [7, 11) is -3.02. The second kappa shape index (κ2) is 5.34. The fraction of sp³-hybridized carbons (Fsp3) is 0.455. The average Bonchev–Trinajstić information content (AvgIpc) is 2.30. The van der Waals surface area contributed by atoms with Gasteiger partial charge in [0.1, 0.15) is 5.82 Å².